The number of nitrogens with zero attached hydrogens (tertiary/aromatic N) is 1. The number of aromatic amines is 1. The van der Waals surface area contributed by atoms with Gasteiger partial charge in [-0.1, -0.05) is 37.3 Å². The van der Waals surface area contributed by atoms with Gasteiger partial charge in [-0.3, -0.25) is 9.59 Å². The Bertz CT molecular complexity index is 1140. The summed E-state index contributed by atoms with van der Waals surface area (Å²) in [5.74, 6) is -0.775. The average Bonchev–Trinajstić information content (AvgIpc) is 3.29. The number of benzene rings is 2. The largest absolute Gasteiger partial charge is 0.507 e. The highest BCUT2D eigenvalue weighted by molar-refractivity contribution is 6.46. The molecule has 0 aliphatic carbocycles. The first-order valence-electron chi connectivity index (χ1n) is 10.1. The van der Waals surface area contributed by atoms with Crippen molar-refractivity contribution < 1.29 is 19.4 Å². The van der Waals surface area contributed by atoms with Crippen LogP contribution in [0.2, 0.25) is 0 Å². The SMILES string of the molecule is CCCN1C(=O)C(=O)/C(=C(\O)c2c[nH]c3ccccc23)C1c1cccc(OCC)c1. The van der Waals surface area contributed by atoms with E-state index in [1.165, 1.54) is 4.90 Å². The average molecular weight is 404 g/mol. The van der Waals surface area contributed by atoms with Crippen molar-refractivity contribution in [2.75, 3.05) is 13.2 Å². The smallest absolute Gasteiger partial charge is 0.295 e. The van der Waals surface area contributed by atoms with Gasteiger partial charge in [0.15, 0.2) is 0 Å². The predicted molar refractivity (Wildman–Crippen MR) is 115 cm³/mol. The highest BCUT2D eigenvalue weighted by Crippen LogP contribution is 2.41. The molecule has 0 saturated carbocycles. The van der Waals surface area contributed by atoms with Gasteiger partial charge in [0.2, 0.25) is 0 Å². The second kappa shape index (κ2) is 8.06. The maximum atomic E-state index is 13.0. The maximum absolute atomic E-state index is 13.0. The molecule has 154 valence electrons. The molecular formula is C24H24N2O4. The standard InChI is InChI=1S/C24H24N2O4/c1-3-12-26-21(15-8-7-9-16(13-15)30-4-2)20(23(28)24(26)29)22(27)18-14-25-19-11-6-5-10-17(18)19/h5-11,13-14,21,25,27H,3-4,12H2,1-2H3/b22-20-. The number of nitrogens with one attached hydrogen (secondary N) is 1. The van der Waals surface area contributed by atoms with Crippen molar-refractivity contribution in [3.63, 3.8) is 0 Å². The normalized spacial score (nSPS) is 18.3. The number of carbonyl (C=O) groups excluding carboxylic acids is 2. The second-order valence-electron chi connectivity index (χ2n) is 7.25. The Morgan fingerprint density at radius 3 is 2.70 bits per heavy atom. The molecule has 2 heterocycles. The van der Waals surface area contributed by atoms with Crippen molar-refractivity contribution in [3.8, 4) is 5.75 Å². The lowest BCUT2D eigenvalue weighted by atomic mass is 9.95. The van der Waals surface area contributed by atoms with Crippen LogP contribution < -0.4 is 4.74 Å². The molecule has 6 nitrogen and oxygen atoms in total. The number of aromatic nitrogens is 1. The summed E-state index contributed by atoms with van der Waals surface area (Å²) in [5, 5.41) is 12.0. The number of aliphatic hydroxyl groups excluding tert-OH is 1. The summed E-state index contributed by atoms with van der Waals surface area (Å²) >= 11 is 0. The van der Waals surface area contributed by atoms with E-state index >= 15 is 0 Å². The Labute approximate surface area is 174 Å². The monoisotopic (exact) mass is 404 g/mol. The number of aliphatic hydroxyl groups is 1. The molecule has 2 N–H and O–H groups in total. The number of fused-ring (bicyclic) bond motifs is 1. The zero-order chi connectivity index (χ0) is 21.3. The van der Waals surface area contributed by atoms with Crippen LogP contribution in [0.1, 0.15) is 37.4 Å². The third-order valence-electron chi connectivity index (χ3n) is 5.33. The molecule has 2 aromatic carbocycles. The molecule has 1 aliphatic heterocycles. The van der Waals surface area contributed by atoms with Gasteiger partial charge in [0.25, 0.3) is 11.7 Å². The Balaban J connectivity index is 1.91. The summed E-state index contributed by atoms with van der Waals surface area (Å²) in [4.78, 5) is 30.5. The molecule has 0 spiro atoms. The fourth-order valence-corrected chi connectivity index (χ4v) is 4.05. The number of likely N-dealkylation sites (tertiary alicyclic amines) is 1. The van der Waals surface area contributed by atoms with Crippen LogP contribution in [0.4, 0.5) is 0 Å². The van der Waals surface area contributed by atoms with Crippen LogP contribution in [0.25, 0.3) is 16.7 Å². The Morgan fingerprint density at radius 2 is 1.93 bits per heavy atom. The molecule has 1 saturated heterocycles. The van der Waals surface area contributed by atoms with Gasteiger partial charge in [-0.05, 0) is 37.1 Å². The van der Waals surface area contributed by atoms with Gasteiger partial charge in [-0.2, -0.15) is 0 Å². The summed E-state index contributed by atoms with van der Waals surface area (Å²) in [5.41, 5.74) is 2.18. The number of amides is 1. The van der Waals surface area contributed by atoms with Gasteiger partial charge in [-0.25, -0.2) is 0 Å². The van der Waals surface area contributed by atoms with Crippen LogP contribution in [-0.4, -0.2) is 39.8 Å². The summed E-state index contributed by atoms with van der Waals surface area (Å²) in [7, 11) is 0. The fourth-order valence-electron chi connectivity index (χ4n) is 4.05. The minimum Gasteiger partial charge on any atom is -0.507 e. The quantitative estimate of drug-likeness (QED) is 0.362. The predicted octanol–water partition coefficient (Wildman–Crippen LogP) is 4.40. The number of hydrogen-bond acceptors (Lipinski definition) is 4. The summed E-state index contributed by atoms with van der Waals surface area (Å²) < 4.78 is 5.61. The first-order valence-corrected chi connectivity index (χ1v) is 10.1. The first kappa shape index (κ1) is 19.8. The van der Waals surface area contributed by atoms with E-state index in [1.807, 2.05) is 62.4 Å². The van der Waals surface area contributed by atoms with Crippen LogP contribution in [0, 0.1) is 0 Å². The van der Waals surface area contributed by atoms with Crippen LogP contribution in [0.3, 0.4) is 0 Å². The highest BCUT2D eigenvalue weighted by atomic mass is 16.5. The van der Waals surface area contributed by atoms with Crippen molar-refractivity contribution in [3.05, 3.63) is 71.4 Å². The van der Waals surface area contributed by atoms with E-state index in [0.29, 0.717) is 30.9 Å². The fraction of sp³-hybridized carbons (Fsp3) is 0.250. The van der Waals surface area contributed by atoms with Gasteiger partial charge in [0.1, 0.15) is 11.5 Å². The van der Waals surface area contributed by atoms with E-state index in [4.69, 9.17) is 4.74 Å². The van der Waals surface area contributed by atoms with Crippen LogP contribution in [-0.2, 0) is 9.59 Å². The molecule has 1 aromatic heterocycles. The molecule has 6 heteroatoms. The van der Waals surface area contributed by atoms with Crippen LogP contribution in [0.15, 0.2) is 60.3 Å². The van der Waals surface area contributed by atoms with E-state index in [0.717, 1.165) is 16.5 Å². The molecule has 1 unspecified atom stereocenters. The molecule has 4 rings (SSSR count). The molecule has 1 atom stereocenters. The molecule has 0 bridgehead atoms. The number of ether oxygens (including phenoxy) is 1. The topological polar surface area (TPSA) is 82.6 Å². The maximum Gasteiger partial charge on any atom is 0.295 e. The van der Waals surface area contributed by atoms with E-state index in [2.05, 4.69) is 4.98 Å². The zero-order valence-electron chi connectivity index (χ0n) is 17.0. The number of para-hydroxylation sites is 1. The summed E-state index contributed by atoms with van der Waals surface area (Å²) in [6.07, 6.45) is 2.36. The number of hydrogen-bond donors (Lipinski definition) is 2. The van der Waals surface area contributed by atoms with Crippen molar-refractivity contribution >= 4 is 28.4 Å². The molecular weight excluding hydrogens is 380 g/mol. The third-order valence-corrected chi connectivity index (χ3v) is 5.33. The number of ketones is 1. The van der Waals surface area contributed by atoms with Crippen LogP contribution in [0.5, 0.6) is 5.75 Å². The molecule has 30 heavy (non-hydrogen) atoms. The Kier molecular flexibility index (Phi) is 5.31. The highest BCUT2D eigenvalue weighted by Gasteiger charge is 2.45. The van der Waals surface area contributed by atoms with Crippen molar-refractivity contribution in [2.45, 2.75) is 26.3 Å². The minimum atomic E-state index is -0.668. The van der Waals surface area contributed by atoms with E-state index in [9.17, 15) is 14.7 Å². The lowest BCUT2D eigenvalue weighted by Crippen LogP contribution is -2.30. The van der Waals surface area contributed by atoms with E-state index in [-0.39, 0.29) is 11.3 Å². The second-order valence-corrected chi connectivity index (χ2v) is 7.25. The van der Waals surface area contributed by atoms with Gasteiger partial charge in [0.05, 0.1) is 18.2 Å². The lowest BCUT2D eigenvalue weighted by Gasteiger charge is -2.25. The molecule has 1 fully saturated rings. The third kappa shape index (κ3) is 3.24. The van der Waals surface area contributed by atoms with Crippen molar-refractivity contribution in [2.24, 2.45) is 0 Å². The van der Waals surface area contributed by atoms with Gasteiger partial charge >= 0.3 is 0 Å². The molecule has 1 aliphatic rings. The number of Topliss-reactive ketones (excluding diaryl/α,β-unsaturated/α-hetero) is 1. The van der Waals surface area contributed by atoms with Crippen LogP contribution >= 0.6 is 0 Å². The molecule has 1 amide bonds. The van der Waals surface area contributed by atoms with Crippen molar-refractivity contribution in [1.82, 2.24) is 9.88 Å². The van der Waals surface area contributed by atoms with Gasteiger partial charge in [-0.15, -0.1) is 0 Å². The number of H-pyrrole nitrogens is 1. The van der Waals surface area contributed by atoms with Gasteiger partial charge in [0, 0.05) is 29.2 Å². The van der Waals surface area contributed by atoms with Crippen molar-refractivity contribution in [1.29, 1.82) is 0 Å². The summed E-state index contributed by atoms with van der Waals surface area (Å²) in [6, 6.07) is 14.2. The molecule has 0 radical (unpaired) electrons. The Morgan fingerprint density at radius 1 is 1.13 bits per heavy atom. The number of rotatable bonds is 6. The molecule has 3 aromatic rings. The summed E-state index contributed by atoms with van der Waals surface area (Å²) in [6.45, 7) is 4.77. The minimum absolute atomic E-state index is 0.104. The lowest BCUT2D eigenvalue weighted by molar-refractivity contribution is -0.139. The van der Waals surface area contributed by atoms with Gasteiger partial charge < -0.3 is 19.7 Å². The first-order chi connectivity index (χ1) is 14.6. The number of carbonyl (C=O) groups is 2. The Hall–Kier alpha value is -3.54. The van der Waals surface area contributed by atoms with E-state index < -0.39 is 17.7 Å². The van der Waals surface area contributed by atoms with E-state index in [1.54, 1.807) is 6.20 Å². The zero-order valence-corrected chi connectivity index (χ0v) is 17.0.